The molecule has 2 atom stereocenters. The standard InChI is InChI=1S/C21H44N4O4/c1-2-3-4-5-6-7-8-9-10-11-15-29-17-18(26)16-25-19(20(27)28)13-12-14-24-21(22)23/h18-19,25-26H,2-17H2,1H3,(H,27,28)(H4,22,23,24)/t18?,19-/m0/s1. The minimum atomic E-state index is -0.951. The summed E-state index contributed by atoms with van der Waals surface area (Å²) in [5.41, 5.74) is 10.5. The van der Waals surface area contributed by atoms with E-state index in [1.54, 1.807) is 0 Å². The number of guanidine groups is 1. The van der Waals surface area contributed by atoms with E-state index in [9.17, 15) is 15.0 Å². The summed E-state index contributed by atoms with van der Waals surface area (Å²) in [7, 11) is 0. The number of rotatable bonds is 21. The topological polar surface area (TPSA) is 143 Å². The summed E-state index contributed by atoms with van der Waals surface area (Å²) >= 11 is 0. The fraction of sp³-hybridized carbons (Fsp3) is 0.905. The second-order valence-corrected chi connectivity index (χ2v) is 7.66. The van der Waals surface area contributed by atoms with Gasteiger partial charge in [0.1, 0.15) is 6.04 Å². The van der Waals surface area contributed by atoms with Gasteiger partial charge in [0, 0.05) is 19.7 Å². The number of hydrogen-bond donors (Lipinski definition) is 5. The molecule has 0 spiro atoms. The molecule has 29 heavy (non-hydrogen) atoms. The third-order valence-electron chi connectivity index (χ3n) is 4.80. The molecule has 0 bridgehead atoms. The minimum Gasteiger partial charge on any atom is -0.480 e. The molecule has 0 rings (SSSR count). The molecule has 0 aromatic rings. The normalized spacial score (nSPS) is 13.2. The first-order chi connectivity index (χ1) is 14.0. The van der Waals surface area contributed by atoms with Crippen LogP contribution in [0.5, 0.6) is 0 Å². The molecule has 0 aromatic carbocycles. The van der Waals surface area contributed by atoms with Crippen molar-refractivity contribution in [2.45, 2.75) is 96.1 Å². The number of nitrogens with one attached hydrogen (secondary N) is 1. The molecule has 0 aliphatic carbocycles. The summed E-state index contributed by atoms with van der Waals surface area (Å²) in [5, 5.41) is 22.0. The summed E-state index contributed by atoms with van der Waals surface area (Å²) in [6, 6.07) is -0.735. The second-order valence-electron chi connectivity index (χ2n) is 7.66. The molecule has 0 aliphatic heterocycles. The number of carboxylic acids is 1. The van der Waals surface area contributed by atoms with E-state index in [1.807, 2.05) is 0 Å². The number of carbonyl (C=O) groups is 1. The van der Waals surface area contributed by atoms with Crippen LogP contribution in [-0.2, 0) is 9.53 Å². The smallest absolute Gasteiger partial charge is 0.320 e. The van der Waals surface area contributed by atoms with Crippen molar-refractivity contribution in [3.63, 3.8) is 0 Å². The number of aliphatic carboxylic acids is 1. The molecule has 8 heteroatoms. The molecule has 7 N–H and O–H groups in total. The largest absolute Gasteiger partial charge is 0.480 e. The van der Waals surface area contributed by atoms with Crippen LogP contribution in [0.25, 0.3) is 0 Å². The Morgan fingerprint density at radius 3 is 2.14 bits per heavy atom. The third-order valence-corrected chi connectivity index (χ3v) is 4.80. The molecule has 8 nitrogen and oxygen atoms in total. The number of aliphatic imine (C=N–C) groups is 1. The van der Waals surface area contributed by atoms with E-state index in [0.29, 0.717) is 26.0 Å². The number of carboxylic acid groups (broad SMARTS) is 1. The van der Waals surface area contributed by atoms with Gasteiger partial charge in [-0.1, -0.05) is 64.7 Å². The van der Waals surface area contributed by atoms with Crippen LogP contribution in [-0.4, -0.2) is 60.6 Å². The molecular weight excluding hydrogens is 372 g/mol. The molecule has 0 aliphatic rings. The fourth-order valence-corrected chi connectivity index (χ4v) is 3.06. The van der Waals surface area contributed by atoms with Crippen molar-refractivity contribution in [2.24, 2.45) is 16.5 Å². The molecule has 0 saturated heterocycles. The molecule has 172 valence electrons. The Kier molecular flexibility index (Phi) is 19.0. The van der Waals surface area contributed by atoms with Crippen LogP contribution < -0.4 is 16.8 Å². The summed E-state index contributed by atoms with van der Waals surface area (Å²) in [4.78, 5) is 15.1. The van der Waals surface area contributed by atoms with Crippen molar-refractivity contribution in [1.82, 2.24) is 5.32 Å². The highest BCUT2D eigenvalue weighted by Gasteiger charge is 2.17. The predicted molar refractivity (Wildman–Crippen MR) is 118 cm³/mol. The highest BCUT2D eigenvalue weighted by Crippen LogP contribution is 2.10. The summed E-state index contributed by atoms with van der Waals surface area (Å²) < 4.78 is 5.50. The zero-order valence-electron chi connectivity index (χ0n) is 18.3. The van der Waals surface area contributed by atoms with Gasteiger partial charge in [0.15, 0.2) is 5.96 Å². The van der Waals surface area contributed by atoms with Gasteiger partial charge in [-0.25, -0.2) is 0 Å². The number of aliphatic hydroxyl groups excluding tert-OH is 1. The molecule has 1 unspecified atom stereocenters. The molecule has 0 aromatic heterocycles. The van der Waals surface area contributed by atoms with Crippen molar-refractivity contribution in [1.29, 1.82) is 0 Å². The number of nitrogens with two attached hydrogens (primary N) is 2. The maximum atomic E-state index is 11.3. The van der Waals surface area contributed by atoms with E-state index < -0.39 is 18.1 Å². The highest BCUT2D eigenvalue weighted by atomic mass is 16.5. The minimum absolute atomic E-state index is 0.000172. The lowest BCUT2D eigenvalue weighted by atomic mass is 10.1. The quantitative estimate of drug-likeness (QED) is 0.110. The van der Waals surface area contributed by atoms with Crippen molar-refractivity contribution in [2.75, 3.05) is 26.3 Å². The second kappa shape index (κ2) is 19.9. The van der Waals surface area contributed by atoms with Gasteiger partial charge in [-0.15, -0.1) is 0 Å². The van der Waals surface area contributed by atoms with E-state index in [4.69, 9.17) is 16.2 Å². The van der Waals surface area contributed by atoms with Gasteiger partial charge in [0.2, 0.25) is 0 Å². The maximum absolute atomic E-state index is 11.3. The molecule has 0 saturated carbocycles. The Morgan fingerprint density at radius 2 is 1.59 bits per heavy atom. The first-order valence-electron chi connectivity index (χ1n) is 11.2. The van der Waals surface area contributed by atoms with E-state index in [0.717, 1.165) is 12.8 Å². The number of ether oxygens (including phenoxy) is 1. The Balaban J connectivity index is 3.58. The van der Waals surface area contributed by atoms with Gasteiger partial charge in [0.25, 0.3) is 0 Å². The van der Waals surface area contributed by atoms with Crippen molar-refractivity contribution < 1.29 is 19.7 Å². The summed E-state index contributed by atoms with van der Waals surface area (Å²) in [5.74, 6) is -0.951. The average Bonchev–Trinajstić information content (AvgIpc) is 2.67. The van der Waals surface area contributed by atoms with Crippen LogP contribution in [0.1, 0.15) is 84.0 Å². The van der Waals surface area contributed by atoms with E-state index in [-0.39, 0.29) is 19.1 Å². The lowest BCUT2D eigenvalue weighted by molar-refractivity contribution is -0.139. The van der Waals surface area contributed by atoms with Crippen LogP contribution in [0.2, 0.25) is 0 Å². The Hall–Kier alpha value is -1.38. The van der Waals surface area contributed by atoms with Gasteiger partial charge < -0.3 is 31.7 Å². The average molecular weight is 417 g/mol. The highest BCUT2D eigenvalue weighted by molar-refractivity contribution is 5.75. The first-order valence-corrected chi connectivity index (χ1v) is 11.2. The number of aliphatic hydroxyl groups is 1. The zero-order valence-corrected chi connectivity index (χ0v) is 18.3. The molecule has 0 fully saturated rings. The fourth-order valence-electron chi connectivity index (χ4n) is 3.06. The van der Waals surface area contributed by atoms with E-state index >= 15 is 0 Å². The van der Waals surface area contributed by atoms with Crippen LogP contribution in [0, 0.1) is 0 Å². The zero-order chi connectivity index (χ0) is 21.7. The number of unbranched alkanes of at least 4 members (excludes halogenated alkanes) is 9. The van der Waals surface area contributed by atoms with E-state index in [1.165, 1.54) is 51.4 Å². The monoisotopic (exact) mass is 416 g/mol. The molecule has 0 heterocycles. The van der Waals surface area contributed by atoms with Crippen molar-refractivity contribution in [3.8, 4) is 0 Å². The summed E-state index contributed by atoms with van der Waals surface area (Å²) in [6.45, 7) is 3.65. The van der Waals surface area contributed by atoms with Gasteiger partial charge >= 0.3 is 5.97 Å². The van der Waals surface area contributed by atoms with Crippen molar-refractivity contribution in [3.05, 3.63) is 0 Å². The lowest BCUT2D eigenvalue weighted by Gasteiger charge is -2.17. The first kappa shape index (κ1) is 27.6. The third kappa shape index (κ3) is 19.7. The van der Waals surface area contributed by atoms with Crippen molar-refractivity contribution >= 4 is 11.9 Å². The molecule has 0 amide bonds. The SMILES string of the molecule is CCCCCCCCCCCCOCC(O)CN[C@@H](CCCN=C(N)N)C(=O)O. The maximum Gasteiger partial charge on any atom is 0.320 e. The number of nitrogens with zero attached hydrogens (tertiary/aromatic N) is 1. The molecule has 0 radical (unpaired) electrons. The van der Waals surface area contributed by atoms with Gasteiger partial charge in [0.05, 0.1) is 12.7 Å². The Bertz CT molecular complexity index is 417. The molecular formula is C21H44N4O4. The van der Waals surface area contributed by atoms with Crippen LogP contribution >= 0.6 is 0 Å². The van der Waals surface area contributed by atoms with Crippen LogP contribution in [0.3, 0.4) is 0 Å². The van der Waals surface area contributed by atoms with Crippen LogP contribution in [0.15, 0.2) is 4.99 Å². The van der Waals surface area contributed by atoms with Crippen LogP contribution in [0.4, 0.5) is 0 Å². The van der Waals surface area contributed by atoms with Gasteiger partial charge in [-0.05, 0) is 19.3 Å². The predicted octanol–water partition coefficient (Wildman–Crippen LogP) is 2.38. The van der Waals surface area contributed by atoms with Gasteiger partial charge in [-0.3, -0.25) is 9.79 Å². The summed E-state index contributed by atoms with van der Waals surface area (Å²) in [6.07, 6.45) is 12.9. The Labute approximate surface area is 176 Å². The lowest BCUT2D eigenvalue weighted by Crippen LogP contribution is -2.42. The Morgan fingerprint density at radius 1 is 1.00 bits per heavy atom. The number of hydrogen-bond acceptors (Lipinski definition) is 5. The van der Waals surface area contributed by atoms with E-state index in [2.05, 4.69) is 17.2 Å². The van der Waals surface area contributed by atoms with Gasteiger partial charge in [-0.2, -0.15) is 0 Å².